The first-order chi connectivity index (χ1) is 8.80. The molecule has 1 aliphatic rings. The maximum atomic E-state index is 5.66. The molecule has 18 heavy (non-hydrogen) atoms. The van der Waals surface area contributed by atoms with Crippen molar-refractivity contribution >= 4 is 5.96 Å². The van der Waals surface area contributed by atoms with Crippen LogP contribution in [0.1, 0.15) is 6.92 Å². The molecule has 1 aliphatic heterocycles. The standard InChI is InChI=1S/C11H25N5O2/c1-3-16-5-7-18-10(9-16)8-14-11(15-12)13-4-6-17-2/h10H,3-9,12H2,1-2H3,(H2,13,14,15). The molecule has 1 fully saturated rings. The number of hydrogen-bond donors (Lipinski definition) is 3. The molecule has 0 bridgehead atoms. The molecule has 0 spiro atoms. The molecule has 1 unspecified atom stereocenters. The molecule has 0 aromatic rings. The van der Waals surface area contributed by atoms with Gasteiger partial charge in [-0.05, 0) is 6.54 Å². The van der Waals surface area contributed by atoms with Gasteiger partial charge in [0.2, 0.25) is 5.96 Å². The van der Waals surface area contributed by atoms with Crippen molar-refractivity contribution in [1.82, 2.24) is 15.6 Å². The Balaban J connectivity index is 2.30. The third-order valence-electron chi connectivity index (χ3n) is 2.86. The predicted octanol–water partition coefficient (Wildman–Crippen LogP) is -1.24. The highest BCUT2D eigenvalue weighted by atomic mass is 16.5. The Labute approximate surface area is 109 Å². The smallest absolute Gasteiger partial charge is 0.205 e. The number of likely N-dealkylation sites (N-methyl/N-ethyl adjacent to an activating group) is 1. The van der Waals surface area contributed by atoms with Crippen LogP contribution in [0, 0.1) is 0 Å². The van der Waals surface area contributed by atoms with Gasteiger partial charge >= 0.3 is 0 Å². The van der Waals surface area contributed by atoms with E-state index in [0.29, 0.717) is 25.7 Å². The van der Waals surface area contributed by atoms with E-state index in [9.17, 15) is 0 Å². The van der Waals surface area contributed by atoms with Crippen LogP contribution < -0.4 is 16.6 Å². The van der Waals surface area contributed by atoms with Gasteiger partial charge in [-0.25, -0.2) is 10.8 Å². The molecule has 0 aromatic carbocycles. The van der Waals surface area contributed by atoms with E-state index in [-0.39, 0.29) is 6.10 Å². The van der Waals surface area contributed by atoms with E-state index in [1.54, 1.807) is 7.11 Å². The number of hydrogen-bond acceptors (Lipinski definition) is 5. The van der Waals surface area contributed by atoms with Crippen LogP contribution in [-0.2, 0) is 9.47 Å². The van der Waals surface area contributed by atoms with Crippen molar-refractivity contribution in [3.8, 4) is 0 Å². The third kappa shape index (κ3) is 5.63. The second-order valence-corrected chi connectivity index (χ2v) is 4.14. The summed E-state index contributed by atoms with van der Waals surface area (Å²) in [6.07, 6.45) is 0.145. The Morgan fingerprint density at radius 1 is 1.61 bits per heavy atom. The van der Waals surface area contributed by atoms with Crippen molar-refractivity contribution in [1.29, 1.82) is 0 Å². The fourth-order valence-electron chi connectivity index (χ4n) is 1.80. The normalized spacial score (nSPS) is 21.9. The molecule has 106 valence electrons. The lowest BCUT2D eigenvalue weighted by molar-refractivity contribution is -0.0210. The minimum atomic E-state index is 0.145. The van der Waals surface area contributed by atoms with E-state index in [4.69, 9.17) is 15.3 Å². The zero-order valence-electron chi connectivity index (χ0n) is 11.3. The second kappa shape index (κ2) is 9.09. The monoisotopic (exact) mass is 259 g/mol. The summed E-state index contributed by atoms with van der Waals surface area (Å²) in [5.41, 5.74) is 2.54. The Morgan fingerprint density at radius 2 is 2.44 bits per heavy atom. The van der Waals surface area contributed by atoms with Crippen molar-refractivity contribution in [2.45, 2.75) is 13.0 Å². The first kappa shape index (κ1) is 15.2. The van der Waals surface area contributed by atoms with Crippen LogP contribution in [0.25, 0.3) is 0 Å². The minimum absolute atomic E-state index is 0.145. The number of hydrazine groups is 1. The topological polar surface area (TPSA) is 84.1 Å². The number of aliphatic imine (C=N–C) groups is 1. The average molecular weight is 259 g/mol. The Bertz CT molecular complexity index is 250. The molecule has 0 radical (unpaired) electrons. The van der Waals surface area contributed by atoms with E-state index >= 15 is 0 Å². The number of ether oxygens (including phenoxy) is 2. The largest absolute Gasteiger partial charge is 0.383 e. The molecular formula is C11H25N5O2. The molecule has 1 saturated heterocycles. The first-order valence-corrected chi connectivity index (χ1v) is 6.38. The molecule has 7 nitrogen and oxygen atoms in total. The van der Waals surface area contributed by atoms with Crippen molar-refractivity contribution in [2.24, 2.45) is 10.8 Å². The Kier molecular flexibility index (Phi) is 7.66. The van der Waals surface area contributed by atoms with Crippen LogP contribution >= 0.6 is 0 Å². The molecule has 1 atom stereocenters. The number of morpholine rings is 1. The third-order valence-corrected chi connectivity index (χ3v) is 2.86. The van der Waals surface area contributed by atoms with E-state index in [1.807, 2.05) is 0 Å². The zero-order valence-corrected chi connectivity index (χ0v) is 11.3. The summed E-state index contributed by atoms with van der Waals surface area (Å²) < 4.78 is 10.6. The summed E-state index contributed by atoms with van der Waals surface area (Å²) in [4.78, 5) is 6.73. The molecule has 1 heterocycles. The van der Waals surface area contributed by atoms with Crippen LogP contribution in [0.2, 0.25) is 0 Å². The van der Waals surface area contributed by atoms with Gasteiger partial charge in [-0.2, -0.15) is 0 Å². The highest BCUT2D eigenvalue weighted by molar-refractivity contribution is 5.79. The van der Waals surface area contributed by atoms with Gasteiger partial charge in [0.25, 0.3) is 0 Å². The second-order valence-electron chi connectivity index (χ2n) is 4.14. The molecule has 0 amide bonds. The minimum Gasteiger partial charge on any atom is -0.383 e. The predicted molar refractivity (Wildman–Crippen MR) is 71.4 cm³/mol. The summed E-state index contributed by atoms with van der Waals surface area (Å²) in [5.74, 6) is 5.96. The molecule has 4 N–H and O–H groups in total. The van der Waals surface area contributed by atoms with Crippen LogP contribution in [0.3, 0.4) is 0 Å². The van der Waals surface area contributed by atoms with E-state index in [0.717, 1.165) is 26.2 Å². The van der Waals surface area contributed by atoms with Crippen molar-refractivity contribution in [3.05, 3.63) is 0 Å². The maximum absolute atomic E-state index is 5.66. The van der Waals surface area contributed by atoms with Gasteiger partial charge in [-0.15, -0.1) is 0 Å². The van der Waals surface area contributed by atoms with Crippen LogP contribution in [0.15, 0.2) is 4.99 Å². The maximum Gasteiger partial charge on any atom is 0.205 e. The van der Waals surface area contributed by atoms with Crippen LogP contribution in [0.4, 0.5) is 0 Å². The van der Waals surface area contributed by atoms with Crippen molar-refractivity contribution < 1.29 is 9.47 Å². The summed E-state index contributed by atoms with van der Waals surface area (Å²) in [6, 6.07) is 0. The average Bonchev–Trinajstić information content (AvgIpc) is 2.43. The summed E-state index contributed by atoms with van der Waals surface area (Å²) >= 11 is 0. The van der Waals surface area contributed by atoms with E-state index in [2.05, 4.69) is 27.6 Å². The van der Waals surface area contributed by atoms with Crippen molar-refractivity contribution in [3.63, 3.8) is 0 Å². The van der Waals surface area contributed by atoms with Gasteiger partial charge in [-0.1, -0.05) is 6.92 Å². The molecule has 0 aromatic heterocycles. The molecule has 0 aliphatic carbocycles. The molecular weight excluding hydrogens is 234 g/mol. The number of guanidine groups is 1. The van der Waals surface area contributed by atoms with Gasteiger partial charge in [0.05, 0.1) is 25.9 Å². The van der Waals surface area contributed by atoms with E-state index in [1.165, 1.54) is 0 Å². The lowest BCUT2D eigenvalue weighted by atomic mass is 10.3. The first-order valence-electron chi connectivity index (χ1n) is 6.38. The number of methoxy groups -OCH3 is 1. The summed E-state index contributed by atoms with van der Waals surface area (Å²) in [5, 5.41) is 3.05. The van der Waals surface area contributed by atoms with Crippen LogP contribution in [-0.4, -0.2) is 70.0 Å². The highest BCUT2D eigenvalue weighted by Gasteiger charge is 2.18. The number of rotatable bonds is 6. The summed E-state index contributed by atoms with van der Waals surface area (Å²) in [6.45, 7) is 7.81. The molecule has 7 heteroatoms. The van der Waals surface area contributed by atoms with E-state index < -0.39 is 0 Å². The fourth-order valence-corrected chi connectivity index (χ4v) is 1.80. The van der Waals surface area contributed by atoms with Crippen LogP contribution in [0.5, 0.6) is 0 Å². The molecule has 1 rings (SSSR count). The number of nitrogens with zero attached hydrogens (tertiary/aromatic N) is 2. The zero-order chi connectivity index (χ0) is 13.2. The lowest BCUT2D eigenvalue weighted by Crippen LogP contribution is -2.46. The van der Waals surface area contributed by atoms with Crippen molar-refractivity contribution in [2.75, 3.05) is 53.0 Å². The lowest BCUT2D eigenvalue weighted by Gasteiger charge is -2.31. The Morgan fingerprint density at radius 3 is 3.11 bits per heavy atom. The van der Waals surface area contributed by atoms with Gasteiger partial charge in [-0.3, -0.25) is 10.3 Å². The Hall–Kier alpha value is -0.890. The summed E-state index contributed by atoms with van der Waals surface area (Å²) in [7, 11) is 1.66. The highest BCUT2D eigenvalue weighted by Crippen LogP contribution is 2.04. The SMILES string of the molecule is CCN1CCOC(CN=C(NN)NCCOC)C1. The quantitative estimate of drug-likeness (QED) is 0.182. The van der Waals surface area contributed by atoms with Gasteiger partial charge in [0.1, 0.15) is 0 Å². The van der Waals surface area contributed by atoms with Gasteiger partial charge in [0, 0.05) is 26.7 Å². The number of nitrogens with two attached hydrogens (primary N) is 1. The van der Waals surface area contributed by atoms with Gasteiger partial charge < -0.3 is 14.8 Å². The van der Waals surface area contributed by atoms with Gasteiger partial charge in [0.15, 0.2) is 0 Å². The number of nitrogens with one attached hydrogen (secondary N) is 2. The molecule has 0 saturated carbocycles. The fraction of sp³-hybridized carbons (Fsp3) is 0.909.